The predicted octanol–water partition coefficient (Wildman–Crippen LogP) is 3.53. The summed E-state index contributed by atoms with van der Waals surface area (Å²) in [7, 11) is -5.35. The van der Waals surface area contributed by atoms with E-state index in [0.29, 0.717) is 6.54 Å². The number of anilines is 1. The molecule has 0 atom stereocenters. The average molecular weight is 327 g/mol. The minimum atomic E-state index is -5.35. The molecule has 0 saturated carbocycles. The van der Waals surface area contributed by atoms with Crippen molar-refractivity contribution in [3.8, 4) is 0 Å². The van der Waals surface area contributed by atoms with Crippen molar-refractivity contribution in [1.29, 1.82) is 0 Å². The molecule has 1 rings (SSSR count). The number of alkyl halides is 3. The Morgan fingerprint density at radius 3 is 2.25 bits per heavy atom. The lowest BCUT2D eigenvalue weighted by Gasteiger charge is -2.24. The molecule has 0 saturated heterocycles. The van der Waals surface area contributed by atoms with E-state index in [1.54, 1.807) is 0 Å². The Hall–Kier alpha value is -0.890. The maximum atomic E-state index is 12.6. The average Bonchev–Trinajstić information content (AvgIpc) is 2.35. The van der Waals surface area contributed by atoms with Gasteiger partial charge < -0.3 is 5.32 Å². The molecular formula is C12H16F3NO2S2. The van der Waals surface area contributed by atoms with Gasteiger partial charge in [0.05, 0.1) is 10.6 Å². The summed E-state index contributed by atoms with van der Waals surface area (Å²) in [6.07, 6.45) is 1.88. The molecule has 8 heteroatoms. The molecule has 0 bridgehead atoms. The minimum absolute atomic E-state index is 0.0352. The van der Waals surface area contributed by atoms with Gasteiger partial charge in [0.2, 0.25) is 0 Å². The molecule has 0 radical (unpaired) electrons. The van der Waals surface area contributed by atoms with Crippen LogP contribution < -0.4 is 5.32 Å². The molecule has 0 aliphatic carbocycles. The fourth-order valence-corrected chi connectivity index (χ4v) is 2.51. The maximum Gasteiger partial charge on any atom is 0.501 e. The van der Waals surface area contributed by atoms with Crippen molar-refractivity contribution in [2.45, 2.75) is 29.0 Å². The number of benzene rings is 1. The second kappa shape index (κ2) is 5.85. The number of sulfone groups is 1. The summed E-state index contributed by atoms with van der Waals surface area (Å²) >= 11 is 1.53. The number of hydrogen-bond donors (Lipinski definition) is 1. The van der Waals surface area contributed by atoms with Gasteiger partial charge in [-0.25, -0.2) is 8.42 Å². The summed E-state index contributed by atoms with van der Waals surface area (Å²) in [5, 5.41) is 2.78. The van der Waals surface area contributed by atoms with Crippen LogP contribution in [0.25, 0.3) is 0 Å². The first kappa shape index (κ1) is 17.2. The molecule has 1 aromatic carbocycles. The molecule has 1 N–H and O–H groups in total. The Balaban J connectivity index is 3.14. The summed E-state index contributed by atoms with van der Waals surface area (Å²) in [5.74, 6) is 0. The largest absolute Gasteiger partial charge is 0.501 e. The number of thioether (sulfide) groups is 1. The third-order valence-corrected chi connectivity index (χ3v) is 5.53. The molecule has 0 spiro atoms. The summed E-state index contributed by atoms with van der Waals surface area (Å²) in [6, 6.07) is 5.04. The molecule has 0 aromatic heterocycles. The van der Waals surface area contributed by atoms with Crippen LogP contribution in [0.3, 0.4) is 0 Å². The molecule has 0 heterocycles. The van der Waals surface area contributed by atoms with Crippen LogP contribution >= 0.6 is 11.8 Å². The van der Waals surface area contributed by atoms with E-state index in [2.05, 4.69) is 5.32 Å². The van der Waals surface area contributed by atoms with Gasteiger partial charge in [-0.05, 0) is 32.2 Å². The van der Waals surface area contributed by atoms with Gasteiger partial charge in [0, 0.05) is 11.3 Å². The van der Waals surface area contributed by atoms with E-state index >= 15 is 0 Å². The monoisotopic (exact) mass is 327 g/mol. The predicted molar refractivity (Wildman–Crippen MR) is 75.8 cm³/mol. The lowest BCUT2D eigenvalue weighted by Crippen LogP contribution is -2.28. The molecule has 0 aliphatic rings. The van der Waals surface area contributed by atoms with Crippen LogP contribution in [0.4, 0.5) is 18.9 Å². The zero-order chi connectivity index (χ0) is 15.6. The third kappa shape index (κ3) is 3.82. The Labute approximate surface area is 120 Å². The lowest BCUT2D eigenvalue weighted by atomic mass is 10.2. The molecule has 1 aromatic rings. The summed E-state index contributed by atoms with van der Waals surface area (Å²) in [6.45, 7) is 4.16. The summed E-state index contributed by atoms with van der Waals surface area (Å²) < 4.78 is 60.6. The Morgan fingerprint density at radius 2 is 1.75 bits per heavy atom. The van der Waals surface area contributed by atoms with Crippen LogP contribution in [-0.4, -0.2) is 31.5 Å². The fourth-order valence-electron chi connectivity index (χ4n) is 1.35. The normalized spacial score (nSPS) is 13.3. The van der Waals surface area contributed by atoms with Crippen molar-refractivity contribution in [3.05, 3.63) is 24.3 Å². The van der Waals surface area contributed by atoms with Gasteiger partial charge in [-0.3, -0.25) is 0 Å². The molecule has 0 aliphatic heterocycles. The minimum Gasteiger partial charge on any atom is -0.383 e. The van der Waals surface area contributed by atoms with Gasteiger partial charge >= 0.3 is 5.51 Å². The first-order chi connectivity index (χ1) is 9.01. The van der Waals surface area contributed by atoms with E-state index in [4.69, 9.17) is 0 Å². The van der Waals surface area contributed by atoms with Crippen molar-refractivity contribution >= 4 is 27.3 Å². The van der Waals surface area contributed by atoms with Crippen LogP contribution in [-0.2, 0) is 9.84 Å². The van der Waals surface area contributed by atoms with E-state index in [1.165, 1.54) is 30.0 Å². The van der Waals surface area contributed by atoms with Crippen molar-refractivity contribution in [3.63, 3.8) is 0 Å². The van der Waals surface area contributed by atoms with Gasteiger partial charge in [0.25, 0.3) is 9.84 Å². The number of rotatable bonds is 5. The molecule has 0 unspecified atom stereocenters. The van der Waals surface area contributed by atoms with Crippen LogP contribution in [0.15, 0.2) is 29.2 Å². The second-order valence-electron chi connectivity index (χ2n) is 4.76. The third-order valence-electron chi connectivity index (χ3n) is 2.74. The van der Waals surface area contributed by atoms with E-state index in [9.17, 15) is 21.6 Å². The molecule has 114 valence electrons. The molecule has 0 fully saturated rings. The van der Waals surface area contributed by atoms with Crippen LogP contribution in [0.5, 0.6) is 0 Å². The van der Waals surface area contributed by atoms with Crippen molar-refractivity contribution in [2.24, 2.45) is 0 Å². The quantitative estimate of drug-likeness (QED) is 0.898. The summed E-state index contributed by atoms with van der Waals surface area (Å²) in [5.41, 5.74) is -5.34. The number of hydrogen-bond acceptors (Lipinski definition) is 4. The first-order valence-corrected chi connectivity index (χ1v) is 8.41. The Bertz CT molecular complexity index is 568. The molecular weight excluding hydrogens is 311 g/mol. The van der Waals surface area contributed by atoms with Crippen LogP contribution in [0.2, 0.25) is 0 Å². The van der Waals surface area contributed by atoms with Gasteiger partial charge in [-0.15, -0.1) is 0 Å². The standard InChI is InChI=1S/C12H16F3NO2S2/c1-11(2,19-3)8-16-9-6-4-5-7-10(9)20(17,18)12(13,14)15/h4-7,16H,8H2,1-3H3. The van der Waals surface area contributed by atoms with E-state index in [-0.39, 0.29) is 10.4 Å². The van der Waals surface area contributed by atoms with Crippen molar-refractivity contribution in [1.82, 2.24) is 0 Å². The highest BCUT2D eigenvalue weighted by Gasteiger charge is 2.47. The van der Waals surface area contributed by atoms with Gasteiger partial charge in [0.1, 0.15) is 0 Å². The zero-order valence-electron chi connectivity index (χ0n) is 11.3. The van der Waals surface area contributed by atoms with Crippen LogP contribution in [0, 0.1) is 0 Å². The fraction of sp³-hybridized carbons (Fsp3) is 0.500. The van der Waals surface area contributed by atoms with E-state index in [1.807, 2.05) is 20.1 Å². The maximum absolute atomic E-state index is 12.6. The lowest BCUT2D eigenvalue weighted by molar-refractivity contribution is -0.0435. The summed E-state index contributed by atoms with van der Waals surface area (Å²) in [4.78, 5) is -0.746. The van der Waals surface area contributed by atoms with Gasteiger partial charge in [-0.2, -0.15) is 24.9 Å². The molecule has 20 heavy (non-hydrogen) atoms. The first-order valence-electron chi connectivity index (χ1n) is 5.71. The molecule has 3 nitrogen and oxygen atoms in total. The van der Waals surface area contributed by atoms with E-state index < -0.39 is 20.2 Å². The second-order valence-corrected chi connectivity index (χ2v) is 8.19. The highest BCUT2D eigenvalue weighted by molar-refractivity contribution is 8.00. The van der Waals surface area contributed by atoms with Crippen LogP contribution in [0.1, 0.15) is 13.8 Å². The van der Waals surface area contributed by atoms with Gasteiger partial charge in [0.15, 0.2) is 0 Å². The number of halogens is 3. The van der Waals surface area contributed by atoms with Crippen molar-refractivity contribution < 1.29 is 21.6 Å². The molecule has 0 amide bonds. The highest BCUT2D eigenvalue weighted by atomic mass is 32.2. The number of para-hydroxylation sites is 1. The van der Waals surface area contributed by atoms with Crippen molar-refractivity contribution in [2.75, 3.05) is 18.1 Å². The zero-order valence-corrected chi connectivity index (χ0v) is 12.9. The SMILES string of the molecule is CSC(C)(C)CNc1ccccc1S(=O)(=O)C(F)(F)F. The topological polar surface area (TPSA) is 46.2 Å². The van der Waals surface area contributed by atoms with E-state index in [0.717, 1.165) is 6.07 Å². The van der Waals surface area contributed by atoms with Gasteiger partial charge in [-0.1, -0.05) is 12.1 Å². The Kier molecular flexibility index (Phi) is 5.02. The smallest absolute Gasteiger partial charge is 0.383 e. The number of nitrogens with one attached hydrogen (secondary N) is 1. The highest BCUT2D eigenvalue weighted by Crippen LogP contribution is 2.34. The Morgan fingerprint density at radius 1 is 1.20 bits per heavy atom.